The lowest BCUT2D eigenvalue weighted by Crippen LogP contribution is -2.11. The zero-order valence-corrected chi connectivity index (χ0v) is 12.2. The zero-order valence-electron chi connectivity index (χ0n) is 12.2. The first kappa shape index (κ1) is 16.9. The minimum absolute atomic E-state index is 0.0532. The van der Waals surface area contributed by atoms with Gasteiger partial charge in [0.2, 0.25) is 0 Å². The Labute approximate surface area is 128 Å². The topological polar surface area (TPSA) is 71.1 Å². The Morgan fingerprint density at radius 1 is 0.909 bits per heavy atom. The summed E-state index contributed by atoms with van der Waals surface area (Å²) in [7, 11) is 2.42. The highest BCUT2D eigenvalue weighted by atomic mass is 16.5. The number of carbonyl (C=O) groups excluding carboxylic acids is 2. The van der Waals surface area contributed by atoms with E-state index in [2.05, 4.69) is 21.3 Å². The molecular weight excluding hydrogens is 288 g/mol. The van der Waals surface area contributed by atoms with Gasteiger partial charge in [-0.25, -0.2) is 9.59 Å². The van der Waals surface area contributed by atoms with Crippen LogP contribution >= 0.6 is 0 Å². The van der Waals surface area contributed by atoms with Crippen LogP contribution in [0.1, 0.15) is 20.7 Å². The third kappa shape index (κ3) is 3.94. The van der Waals surface area contributed by atoms with Crippen LogP contribution in [0.15, 0.2) is 12.1 Å². The fourth-order valence-corrected chi connectivity index (χ4v) is 1.58. The number of terminal acetylenes is 2. The van der Waals surface area contributed by atoms with Gasteiger partial charge in [0.1, 0.15) is 35.8 Å². The molecule has 0 unspecified atom stereocenters. The van der Waals surface area contributed by atoms with E-state index < -0.39 is 11.9 Å². The quantitative estimate of drug-likeness (QED) is 0.582. The van der Waals surface area contributed by atoms with Crippen molar-refractivity contribution < 1.29 is 28.5 Å². The first-order valence-electron chi connectivity index (χ1n) is 6.06. The molecule has 0 aliphatic carbocycles. The van der Waals surface area contributed by atoms with Gasteiger partial charge in [-0.1, -0.05) is 11.8 Å². The molecule has 0 fully saturated rings. The summed E-state index contributed by atoms with van der Waals surface area (Å²) in [6, 6.07) is 2.59. The molecule has 0 atom stereocenters. The van der Waals surface area contributed by atoms with Gasteiger partial charge in [0.25, 0.3) is 0 Å². The van der Waals surface area contributed by atoms with Crippen LogP contribution in [0, 0.1) is 24.7 Å². The predicted octanol–water partition coefficient (Wildman–Crippen LogP) is 1.28. The first-order valence-corrected chi connectivity index (χ1v) is 6.06. The maximum atomic E-state index is 11.8. The van der Waals surface area contributed by atoms with Crippen LogP contribution in [-0.4, -0.2) is 39.4 Å². The molecule has 114 valence electrons. The molecule has 22 heavy (non-hydrogen) atoms. The summed E-state index contributed by atoms with van der Waals surface area (Å²) in [6.45, 7) is -0.176. The molecule has 0 aromatic heterocycles. The SMILES string of the molecule is C#CCOc1cc(C(=O)OC)c(OCC#C)cc1C(=O)OC. The molecule has 1 aromatic carbocycles. The Kier molecular flexibility index (Phi) is 6.33. The molecule has 0 spiro atoms. The summed E-state index contributed by atoms with van der Waals surface area (Å²) in [6.07, 6.45) is 10.3. The van der Waals surface area contributed by atoms with Gasteiger partial charge in [-0.05, 0) is 12.1 Å². The van der Waals surface area contributed by atoms with Crippen LogP contribution in [-0.2, 0) is 9.47 Å². The highest BCUT2D eigenvalue weighted by molar-refractivity contribution is 5.98. The minimum atomic E-state index is -0.672. The van der Waals surface area contributed by atoms with Gasteiger partial charge >= 0.3 is 11.9 Å². The smallest absolute Gasteiger partial charge is 0.341 e. The zero-order chi connectivity index (χ0) is 16.5. The summed E-state index contributed by atoms with van der Waals surface area (Å²) >= 11 is 0. The average molecular weight is 302 g/mol. The Bertz CT molecular complexity index is 590. The Morgan fingerprint density at radius 3 is 1.55 bits per heavy atom. The van der Waals surface area contributed by atoms with E-state index in [1.165, 1.54) is 26.4 Å². The minimum Gasteiger partial charge on any atom is -0.480 e. The lowest BCUT2D eigenvalue weighted by atomic mass is 10.1. The van der Waals surface area contributed by atoms with Crippen LogP contribution in [0.5, 0.6) is 11.5 Å². The molecule has 1 rings (SSSR count). The number of esters is 2. The molecule has 0 saturated carbocycles. The number of hydrogen-bond donors (Lipinski definition) is 0. The molecule has 1 aromatic rings. The molecule has 0 radical (unpaired) electrons. The largest absolute Gasteiger partial charge is 0.480 e. The van der Waals surface area contributed by atoms with E-state index in [9.17, 15) is 9.59 Å². The molecule has 0 heterocycles. The van der Waals surface area contributed by atoms with Crippen LogP contribution < -0.4 is 9.47 Å². The standard InChI is InChI=1S/C16H14O6/c1-5-7-21-13-9-12(16(18)20-4)14(22-8-6-2)10-11(13)15(17)19-3/h1-2,9-10H,7-8H2,3-4H3. The van der Waals surface area contributed by atoms with E-state index in [0.29, 0.717) is 0 Å². The van der Waals surface area contributed by atoms with Gasteiger partial charge in [0.15, 0.2) is 0 Å². The van der Waals surface area contributed by atoms with E-state index in [0.717, 1.165) is 0 Å². The molecule has 6 nitrogen and oxygen atoms in total. The van der Waals surface area contributed by atoms with Gasteiger partial charge in [0, 0.05) is 0 Å². The second-order valence-corrected chi connectivity index (χ2v) is 3.81. The number of benzene rings is 1. The molecule has 0 amide bonds. The van der Waals surface area contributed by atoms with Gasteiger partial charge in [-0.3, -0.25) is 0 Å². The van der Waals surface area contributed by atoms with Crippen molar-refractivity contribution in [3.63, 3.8) is 0 Å². The van der Waals surface area contributed by atoms with Crippen molar-refractivity contribution in [3.8, 4) is 36.2 Å². The Morgan fingerprint density at radius 2 is 1.27 bits per heavy atom. The van der Waals surface area contributed by atoms with Crippen LogP contribution in [0.25, 0.3) is 0 Å². The van der Waals surface area contributed by atoms with Crippen molar-refractivity contribution in [2.24, 2.45) is 0 Å². The van der Waals surface area contributed by atoms with Crippen LogP contribution in [0.2, 0.25) is 0 Å². The summed E-state index contributed by atoms with van der Waals surface area (Å²) in [5.74, 6) is 3.35. The lowest BCUT2D eigenvalue weighted by Gasteiger charge is -2.14. The fraction of sp³-hybridized carbons (Fsp3) is 0.250. The second-order valence-electron chi connectivity index (χ2n) is 3.81. The van der Waals surface area contributed by atoms with Gasteiger partial charge in [-0.15, -0.1) is 12.8 Å². The summed E-state index contributed by atoms with van der Waals surface area (Å²) in [5, 5.41) is 0. The van der Waals surface area contributed by atoms with E-state index in [4.69, 9.17) is 22.3 Å². The number of rotatable bonds is 6. The Hall–Kier alpha value is -3.12. The highest BCUT2D eigenvalue weighted by Gasteiger charge is 2.22. The first-order chi connectivity index (χ1) is 10.6. The molecule has 0 N–H and O–H groups in total. The Balaban J connectivity index is 3.42. The normalized spacial score (nSPS) is 9.09. The van der Waals surface area contributed by atoms with Crippen molar-refractivity contribution in [2.45, 2.75) is 0 Å². The van der Waals surface area contributed by atoms with E-state index >= 15 is 0 Å². The summed E-state index contributed by atoms with van der Waals surface area (Å²) in [4.78, 5) is 23.6. The number of ether oxygens (including phenoxy) is 4. The van der Waals surface area contributed by atoms with Gasteiger partial charge in [-0.2, -0.15) is 0 Å². The van der Waals surface area contributed by atoms with E-state index in [1.807, 2.05) is 0 Å². The van der Waals surface area contributed by atoms with Gasteiger partial charge < -0.3 is 18.9 Å². The molecule has 6 heteroatoms. The molecule has 0 saturated heterocycles. The molecule has 0 aliphatic heterocycles. The highest BCUT2D eigenvalue weighted by Crippen LogP contribution is 2.30. The fourth-order valence-electron chi connectivity index (χ4n) is 1.58. The molecular formula is C16H14O6. The van der Waals surface area contributed by atoms with Crippen molar-refractivity contribution in [1.29, 1.82) is 0 Å². The molecule has 0 aliphatic rings. The summed E-state index contributed by atoms with van der Waals surface area (Å²) in [5.41, 5.74) is 0.106. The molecule has 0 bridgehead atoms. The maximum absolute atomic E-state index is 11.8. The lowest BCUT2D eigenvalue weighted by molar-refractivity contribution is 0.0579. The van der Waals surface area contributed by atoms with Crippen LogP contribution in [0.4, 0.5) is 0 Å². The average Bonchev–Trinajstić information content (AvgIpc) is 2.56. The predicted molar refractivity (Wildman–Crippen MR) is 77.8 cm³/mol. The van der Waals surface area contributed by atoms with Crippen molar-refractivity contribution in [3.05, 3.63) is 23.3 Å². The van der Waals surface area contributed by atoms with Crippen molar-refractivity contribution in [2.75, 3.05) is 27.4 Å². The van der Waals surface area contributed by atoms with Crippen molar-refractivity contribution in [1.82, 2.24) is 0 Å². The number of hydrogen-bond acceptors (Lipinski definition) is 6. The monoisotopic (exact) mass is 302 g/mol. The second kappa shape index (κ2) is 8.23. The van der Waals surface area contributed by atoms with Crippen LogP contribution in [0.3, 0.4) is 0 Å². The summed E-state index contributed by atoms with van der Waals surface area (Å²) < 4.78 is 19.8. The number of methoxy groups -OCH3 is 2. The van der Waals surface area contributed by atoms with E-state index in [-0.39, 0.29) is 35.8 Å². The number of carbonyl (C=O) groups is 2. The third-order valence-electron chi connectivity index (χ3n) is 2.51. The maximum Gasteiger partial charge on any atom is 0.341 e. The van der Waals surface area contributed by atoms with Crippen molar-refractivity contribution >= 4 is 11.9 Å². The third-order valence-corrected chi connectivity index (χ3v) is 2.51. The van der Waals surface area contributed by atoms with E-state index in [1.54, 1.807) is 0 Å². The van der Waals surface area contributed by atoms with Gasteiger partial charge in [0.05, 0.1) is 14.2 Å².